The first kappa shape index (κ1) is 17.9. The molecule has 0 saturated heterocycles. The largest absolute Gasteiger partial charge is 0.491 e. The van der Waals surface area contributed by atoms with Crippen molar-refractivity contribution < 1.29 is 28.7 Å². The molecule has 0 spiro atoms. The summed E-state index contributed by atoms with van der Waals surface area (Å²) in [5.41, 5.74) is 0.0210. The Kier molecular flexibility index (Phi) is 8.54. The Morgan fingerprint density at radius 2 is 1.64 bits per heavy atom. The van der Waals surface area contributed by atoms with Gasteiger partial charge in [0.15, 0.2) is 0 Å². The van der Waals surface area contributed by atoms with Crippen LogP contribution in [-0.2, 0) is 19.0 Å². The molecule has 0 heterocycles. The van der Waals surface area contributed by atoms with Crippen LogP contribution in [0.3, 0.4) is 0 Å². The van der Waals surface area contributed by atoms with Crippen LogP contribution < -0.4 is 4.74 Å². The zero-order chi connectivity index (χ0) is 16.2. The topological polar surface area (TPSA) is 97.1 Å². The minimum atomic E-state index is -0.465. The van der Waals surface area contributed by atoms with Gasteiger partial charge in [-0.3, -0.25) is 14.9 Å². The van der Waals surface area contributed by atoms with E-state index < -0.39 is 4.92 Å². The van der Waals surface area contributed by atoms with Crippen molar-refractivity contribution in [2.75, 3.05) is 40.1 Å². The lowest BCUT2D eigenvalue weighted by atomic mass is 10.3. The molecule has 0 aliphatic carbocycles. The third kappa shape index (κ3) is 7.55. The highest BCUT2D eigenvalue weighted by atomic mass is 16.6. The first-order valence-electron chi connectivity index (χ1n) is 6.73. The molecule has 0 N–H and O–H groups in total. The highest BCUT2D eigenvalue weighted by molar-refractivity contribution is 5.69. The lowest BCUT2D eigenvalue weighted by molar-refractivity contribution is -0.384. The number of benzene rings is 1. The van der Waals surface area contributed by atoms with Crippen molar-refractivity contribution in [2.45, 2.75) is 6.42 Å². The Hall–Kier alpha value is -2.19. The van der Waals surface area contributed by atoms with Crippen molar-refractivity contribution in [1.82, 2.24) is 0 Å². The third-order valence-corrected chi connectivity index (χ3v) is 2.59. The van der Waals surface area contributed by atoms with Crippen LogP contribution in [0.1, 0.15) is 6.42 Å². The van der Waals surface area contributed by atoms with Crippen LogP contribution in [0.5, 0.6) is 5.75 Å². The number of esters is 1. The maximum atomic E-state index is 10.8. The quantitative estimate of drug-likeness (QED) is 0.265. The number of carbonyl (C=O) groups is 1. The zero-order valence-corrected chi connectivity index (χ0v) is 12.4. The van der Waals surface area contributed by atoms with Gasteiger partial charge in [-0.05, 0) is 12.1 Å². The van der Waals surface area contributed by atoms with E-state index in [9.17, 15) is 14.9 Å². The normalized spacial score (nSPS) is 10.2. The Labute approximate surface area is 128 Å². The molecule has 0 bridgehead atoms. The molecule has 0 saturated carbocycles. The minimum absolute atomic E-state index is 0.0210. The summed E-state index contributed by atoms with van der Waals surface area (Å²) < 4.78 is 20.3. The fourth-order valence-corrected chi connectivity index (χ4v) is 1.46. The lowest BCUT2D eigenvalue weighted by Crippen LogP contribution is -2.12. The van der Waals surface area contributed by atoms with Gasteiger partial charge in [-0.1, -0.05) is 0 Å². The summed E-state index contributed by atoms with van der Waals surface area (Å²) in [4.78, 5) is 20.8. The van der Waals surface area contributed by atoms with Crippen molar-refractivity contribution >= 4 is 11.7 Å². The maximum absolute atomic E-state index is 10.8. The van der Waals surface area contributed by atoms with Crippen molar-refractivity contribution in [2.24, 2.45) is 0 Å². The van der Waals surface area contributed by atoms with Crippen LogP contribution in [-0.4, -0.2) is 51.0 Å². The molecule has 0 aromatic heterocycles. The van der Waals surface area contributed by atoms with Crippen LogP contribution in [0.15, 0.2) is 24.3 Å². The predicted octanol–water partition coefficient (Wildman–Crippen LogP) is 1.57. The lowest BCUT2D eigenvalue weighted by Gasteiger charge is -2.07. The maximum Gasteiger partial charge on any atom is 0.307 e. The summed E-state index contributed by atoms with van der Waals surface area (Å²) in [6.07, 6.45) is 0.222. The van der Waals surface area contributed by atoms with Crippen LogP contribution >= 0.6 is 0 Å². The summed E-state index contributed by atoms with van der Waals surface area (Å²) >= 11 is 0. The van der Waals surface area contributed by atoms with E-state index in [1.807, 2.05) is 0 Å². The van der Waals surface area contributed by atoms with E-state index in [0.29, 0.717) is 38.8 Å². The van der Waals surface area contributed by atoms with Gasteiger partial charge in [-0.15, -0.1) is 0 Å². The van der Waals surface area contributed by atoms with Gasteiger partial charge in [0.1, 0.15) is 12.4 Å². The summed E-state index contributed by atoms with van der Waals surface area (Å²) in [5.74, 6) is 0.237. The number of nitro benzene ring substituents is 1. The van der Waals surface area contributed by atoms with E-state index in [-0.39, 0.29) is 18.1 Å². The van der Waals surface area contributed by atoms with E-state index in [0.717, 1.165) is 0 Å². The molecule has 0 atom stereocenters. The second-order valence-corrected chi connectivity index (χ2v) is 4.15. The first-order chi connectivity index (χ1) is 10.6. The predicted molar refractivity (Wildman–Crippen MR) is 76.9 cm³/mol. The highest BCUT2D eigenvalue weighted by Gasteiger charge is 2.04. The van der Waals surface area contributed by atoms with Crippen LogP contribution in [0.4, 0.5) is 5.69 Å². The zero-order valence-electron chi connectivity index (χ0n) is 12.4. The van der Waals surface area contributed by atoms with E-state index in [1.54, 1.807) is 0 Å². The Balaban J connectivity index is 1.99. The fourth-order valence-electron chi connectivity index (χ4n) is 1.46. The van der Waals surface area contributed by atoms with Gasteiger partial charge in [-0.2, -0.15) is 0 Å². The molecule has 8 nitrogen and oxygen atoms in total. The van der Waals surface area contributed by atoms with E-state index >= 15 is 0 Å². The van der Waals surface area contributed by atoms with Crippen molar-refractivity contribution in [3.05, 3.63) is 34.4 Å². The van der Waals surface area contributed by atoms with Crippen molar-refractivity contribution in [3.8, 4) is 5.75 Å². The average molecular weight is 313 g/mol. The highest BCUT2D eigenvalue weighted by Crippen LogP contribution is 2.16. The average Bonchev–Trinajstić information content (AvgIpc) is 2.53. The number of methoxy groups -OCH3 is 1. The second kappa shape index (κ2) is 10.5. The summed E-state index contributed by atoms with van der Waals surface area (Å²) in [6.45, 7) is 1.78. The molecule has 0 aliphatic heterocycles. The number of ether oxygens (including phenoxy) is 4. The Morgan fingerprint density at radius 3 is 2.23 bits per heavy atom. The summed E-state index contributed by atoms with van der Waals surface area (Å²) in [6, 6.07) is 5.83. The number of rotatable bonds is 11. The molecule has 0 radical (unpaired) electrons. The Bertz CT molecular complexity index is 461. The molecule has 0 amide bonds. The molecule has 1 rings (SSSR count). The number of nitro groups is 1. The van der Waals surface area contributed by atoms with Crippen LogP contribution in [0.25, 0.3) is 0 Å². The van der Waals surface area contributed by atoms with Gasteiger partial charge in [0.05, 0.1) is 44.9 Å². The number of carbonyl (C=O) groups excluding carboxylic acids is 1. The number of non-ortho nitro benzene ring substituents is 1. The molecule has 1 aromatic rings. The molecule has 0 aliphatic rings. The SMILES string of the molecule is COC(=O)CCOCCOCCOc1ccc([N+](=O)[O-])cc1. The van der Waals surface area contributed by atoms with E-state index in [2.05, 4.69) is 4.74 Å². The smallest absolute Gasteiger partial charge is 0.307 e. The van der Waals surface area contributed by atoms with E-state index in [1.165, 1.54) is 31.4 Å². The van der Waals surface area contributed by atoms with Gasteiger partial charge in [0.25, 0.3) is 5.69 Å². The van der Waals surface area contributed by atoms with Crippen molar-refractivity contribution in [3.63, 3.8) is 0 Å². The summed E-state index contributed by atoms with van der Waals surface area (Å²) in [7, 11) is 1.33. The summed E-state index contributed by atoms with van der Waals surface area (Å²) in [5, 5.41) is 10.5. The molecule has 122 valence electrons. The number of nitrogens with zero attached hydrogens (tertiary/aromatic N) is 1. The van der Waals surface area contributed by atoms with Gasteiger partial charge in [0, 0.05) is 12.1 Å². The number of hydrogen-bond donors (Lipinski definition) is 0. The Morgan fingerprint density at radius 1 is 1.05 bits per heavy atom. The molecular weight excluding hydrogens is 294 g/mol. The molecule has 1 aromatic carbocycles. The minimum Gasteiger partial charge on any atom is -0.491 e. The van der Waals surface area contributed by atoms with Crippen molar-refractivity contribution in [1.29, 1.82) is 0 Å². The second-order valence-electron chi connectivity index (χ2n) is 4.15. The monoisotopic (exact) mass is 313 g/mol. The molecule has 0 fully saturated rings. The molecule has 0 unspecified atom stereocenters. The van der Waals surface area contributed by atoms with Gasteiger partial charge in [-0.25, -0.2) is 0 Å². The van der Waals surface area contributed by atoms with Crippen LogP contribution in [0.2, 0.25) is 0 Å². The molecule has 22 heavy (non-hydrogen) atoms. The first-order valence-corrected chi connectivity index (χ1v) is 6.73. The van der Waals surface area contributed by atoms with Crippen LogP contribution in [0, 0.1) is 10.1 Å². The molecular formula is C14H19NO7. The van der Waals surface area contributed by atoms with E-state index in [4.69, 9.17) is 14.2 Å². The molecule has 8 heteroatoms. The standard InChI is InChI=1S/C14H19NO7/c1-19-14(16)6-7-20-8-9-21-10-11-22-13-4-2-12(3-5-13)15(17)18/h2-5H,6-11H2,1H3. The van der Waals surface area contributed by atoms with Gasteiger partial charge in [0.2, 0.25) is 0 Å². The van der Waals surface area contributed by atoms with Gasteiger partial charge < -0.3 is 18.9 Å². The van der Waals surface area contributed by atoms with Gasteiger partial charge >= 0.3 is 5.97 Å². The number of hydrogen-bond acceptors (Lipinski definition) is 7. The third-order valence-electron chi connectivity index (χ3n) is 2.59. The fraction of sp³-hybridized carbons (Fsp3) is 0.500.